The summed E-state index contributed by atoms with van der Waals surface area (Å²) in [4.78, 5) is 25.0. The second-order valence-electron chi connectivity index (χ2n) is 6.11. The Morgan fingerprint density at radius 2 is 1.96 bits per heavy atom. The van der Waals surface area contributed by atoms with E-state index in [4.69, 9.17) is 4.74 Å². The molecule has 4 nitrogen and oxygen atoms in total. The van der Waals surface area contributed by atoms with Crippen molar-refractivity contribution in [1.82, 2.24) is 5.32 Å². The molecule has 126 valence electrons. The highest BCUT2D eigenvalue weighted by Crippen LogP contribution is 2.24. The van der Waals surface area contributed by atoms with Gasteiger partial charge in [-0.1, -0.05) is 38.0 Å². The number of amides is 1. The molecule has 1 aromatic carbocycles. The Hall–Kier alpha value is -1.49. The molecule has 23 heavy (non-hydrogen) atoms. The van der Waals surface area contributed by atoms with Gasteiger partial charge in [-0.3, -0.25) is 9.59 Å². The van der Waals surface area contributed by atoms with Crippen molar-refractivity contribution in [3.05, 3.63) is 30.3 Å². The minimum absolute atomic E-state index is 0.193. The smallest absolute Gasteiger partial charge is 0.317 e. The Morgan fingerprint density at radius 3 is 2.65 bits per heavy atom. The second kappa shape index (κ2) is 8.96. The summed E-state index contributed by atoms with van der Waals surface area (Å²) < 4.78 is 5.24. The lowest BCUT2D eigenvalue weighted by Crippen LogP contribution is -2.46. The van der Waals surface area contributed by atoms with Gasteiger partial charge in [0.2, 0.25) is 0 Å². The minimum Gasteiger partial charge on any atom is -0.452 e. The molecule has 2 rings (SSSR count). The van der Waals surface area contributed by atoms with Gasteiger partial charge in [0.05, 0.1) is 5.75 Å². The number of esters is 1. The van der Waals surface area contributed by atoms with Gasteiger partial charge in [0.1, 0.15) is 0 Å². The number of carbonyl (C=O) groups excluding carboxylic acids is 2. The molecule has 0 bridgehead atoms. The SMILES string of the molecule is C[C@H](OC(=O)CSc1ccccc1)C(=O)N[C@H]1CCCC[C@@H]1C. The Balaban J connectivity index is 1.73. The van der Waals surface area contributed by atoms with Crippen molar-refractivity contribution in [2.45, 2.75) is 56.6 Å². The molecular formula is C18H25NO3S. The zero-order chi connectivity index (χ0) is 16.7. The van der Waals surface area contributed by atoms with Crippen LogP contribution in [-0.4, -0.2) is 29.8 Å². The fourth-order valence-electron chi connectivity index (χ4n) is 2.77. The van der Waals surface area contributed by atoms with Crippen molar-refractivity contribution >= 4 is 23.6 Å². The summed E-state index contributed by atoms with van der Waals surface area (Å²) in [6, 6.07) is 9.87. The molecule has 0 saturated heterocycles. The van der Waals surface area contributed by atoms with Gasteiger partial charge in [-0.15, -0.1) is 11.8 Å². The van der Waals surface area contributed by atoms with E-state index in [1.165, 1.54) is 18.2 Å². The molecule has 1 N–H and O–H groups in total. The first-order valence-corrected chi connectivity index (χ1v) is 9.22. The Labute approximate surface area is 142 Å². The fraction of sp³-hybridized carbons (Fsp3) is 0.556. The van der Waals surface area contributed by atoms with Crippen LogP contribution in [0.3, 0.4) is 0 Å². The van der Waals surface area contributed by atoms with E-state index in [1.54, 1.807) is 6.92 Å². The van der Waals surface area contributed by atoms with Crippen LogP contribution in [0.4, 0.5) is 0 Å². The summed E-state index contributed by atoms with van der Waals surface area (Å²) in [6.45, 7) is 3.80. The van der Waals surface area contributed by atoms with Crippen molar-refractivity contribution in [2.24, 2.45) is 5.92 Å². The molecule has 1 aliphatic rings. The third-order valence-electron chi connectivity index (χ3n) is 4.22. The fourth-order valence-corrected chi connectivity index (χ4v) is 3.48. The Kier molecular flexibility index (Phi) is 6.96. The quantitative estimate of drug-likeness (QED) is 0.639. The number of hydrogen-bond acceptors (Lipinski definition) is 4. The van der Waals surface area contributed by atoms with Crippen LogP contribution in [-0.2, 0) is 14.3 Å². The molecule has 1 aromatic rings. The van der Waals surface area contributed by atoms with Gasteiger partial charge in [-0.25, -0.2) is 0 Å². The Morgan fingerprint density at radius 1 is 1.26 bits per heavy atom. The van der Waals surface area contributed by atoms with Crippen LogP contribution in [0.1, 0.15) is 39.5 Å². The van der Waals surface area contributed by atoms with E-state index in [1.807, 2.05) is 30.3 Å². The lowest BCUT2D eigenvalue weighted by Gasteiger charge is -2.30. The van der Waals surface area contributed by atoms with Crippen LogP contribution in [0.5, 0.6) is 0 Å². The van der Waals surface area contributed by atoms with Gasteiger partial charge in [0, 0.05) is 10.9 Å². The van der Waals surface area contributed by atoms with Crippen molar-refractivity contribution in [3.63, 3.8) is 0 Å². The minimum atomic E-state index is -0.743. The third-order valence-corrected chi connectivity index (χ3v) is 5.20. The second-order valence-corrected chi connectivity index (χ2v) is 7.16. The predicted molar refractivity (Wildman–Crippen MR) is 92.3 cm³/mol. The number of ether oxygens (including phenoxy) is 1. The number of carbonyl (C=O) groups is 2. The maximum absolute atomic E-state index is 12.2. The molecule has 1 amide bonds. The van der Waals surface area contributed by atoms with Gasteiger partial charge in [-0.05, 0) is 37.8 Å². The molecule has 0 unspecified atom stereocenters. The molecule has 0 spiro atoms. The van der Waals surface area contributed by atoms with Gasteiger partial charge in [0.15, 0.2) is 6.10 Å². The molecule has 5 heteroatoms. The van der Waals surface area contributed by atoms with Crippen LogP contribution in [0.2, 0.25) is 0 Å². The van der Waals surface area contributed by atoms with E-state index < -0.39 is 6.10 Å². The average Bonchev–Trinajstić information content (AvgIpc) is 2.56. The zero-order valence-corrected chi connectivity index (χ0v) is 14.6. The molecule has 0 aliphatic heterocycles. The van der Waals surface area contributed by atoms with Crippen LogP contribution >= 0.6 is 11.8 Å². The number of benzene rings is 1. The van der Waals surface area contributed by atoms with Crippen molar-refractivity contribution in [3.8, 4) is 0 Å². The number of hydrogen-bond donors (Lipinski definition) is 1. The normalized spacial score (nSPS) is 22.2. The molecule has 1 aliphatic carbocycles. The Bertz CT molecular complexity index is 520. The van der Waals surface area contributed by atoms with Crippen LogP contribution in [0.25, 0.3) is 0 Å². The van der Waals surface area contributed by atoms with Crippen molar-refractivity contribution in [1.29, 1.82) is 0 Å². The van der Waals surface area contributed by atoms with Gasteiger partial charge in [0.25, 0.3) is 5.91 Å². The van der Waals surface area contributed by atoms with Crippen molar-refractivity contribution < 1.29 is 14.3 Å². The zero-order valence-electron chi connectivity index (χ0n) is 13.8. The highest BCUT2D eigenvalue weighted by atomic mass is 32.2. The molecule has 0 heterocycles. The third kappa shape index (κ3) is 5.90. The highest BCUT2D eigenvalue weighted by Gasteiger charge is 2.26. The molecule has 0 aromatic heterocycles. The summed E-state index contributed by atoms with van der Waals surface area (Å²) in [7, 11) is 0. The standard InChI is InChI=1S/C18H25NO3S/c1-13-8-6-7-11-16(13)19-18(21)14(2)22-17(20)12-23-15-9-4-3-5-10-15/h3-5,9-10,13-14,16H,6-8,11-12H2,1-2H3,(H,19,21)/t13-,14-,16-/m0/s1. The van der Waals surface area contributed by atoms with Crippen LogP contribution in [0, 0.1) is 5.92 Å². The number of rotatable bonds is 6. The lowest BCUT2D eigenvalue weighted by molar-refractivity contribution is -0.152. The summed E-state index contributed by atoms with van der Waals surface area (Å²) in [6.07, 6.45) is 3.80. The van der Waals surface area contributed by atoms with Gasteiger partial charge in [-0.2, -0.15) is 0 Å². The first kappa shape index (κ1) is 17.9. The predicted octanol–water partition coefficient (Wildman–Crippen LogP) is 3.41. The lowest BCUT2D eigenvalue weighted by atomic mass is 9.86. The maximum Gasteiger partial charge on any atom is 0.317 e. The highest BCUT2D eigenvalue weighted by molar-refractivity contribution is 8.00. The largest absolute Gasteiger partial charge is 0.452 e. The van der Waals surface area contributed by atoms with E-state index in [2.05, 4.69) is 12.2 Å². The number of thioether (sulfide) groups is 1. The van der Waals surface area contributed by atoms with Gasteiger partial charge >= 0.3 is 5.97 Å². The molecular weight excluding hydrogens is 310 g/mol. The van der Waals surface area contributed by atoms with Crippen LogP contribution < -0.4 is 5.32 Å². The first-order valence-electron chi connectivity index (χ1n) is 8.24. The molecule has 1 fully saturated rings. The number of nitrogens with one attached hydrogen (secondary N) is 1. The molecule has 3 atom stereocenters. The monoisotopic (exact) mass is 335 g/mol. The van der Waals surface area contributed by atoms with Crippen LogP contribution in [0.15, 0.2) is 35.2 Å². The van der Waals surface area contributed by atoms with Gasteiger partial charge < -0.3 is 10.1 Å². The summed E-state index contributed by atoms with van der Waals surface area (Å²) >= 11 is 1.41. The molecule has 1 saturated carbocycles. The topological polar surface area (TPSA) is 55.4 Å². The van der Waals surface area contributed by atoms with E-state index in [0.717, 1.165) is 24.2 Å². The molecule has 0 radical (unpaired) electrons. The maximum atomic E-state index is 12.2. The summed E-state index contributed by atoms with van der Waals surface area (Å²) in [5.74, 6) is 0.144. The summed E-state index contributed by atoms with van der Waals surface area (Å²) in [5, 5.41) is 3.02. The van der Waals surface area contributed by atoms with E-state index in [0.29, 0.717) is 5.92 Å². The van der Waals surface area contributed by atoms with Crippen molar-refractivity contribution in [2.75, 3.05) is 5.75 Å². The first-order chi connectivity index (χ1) is 11.1. The summed E-state index contributed by atoms with van der Waals surface area (Å²) in [5.41, 5.74) is 0. The van der Waals surface area contributed by atoms with E-state index in [9.17, 15) is 9.59 Å². The van der Waals surface area contributed by atoms with E-state index in [-0.39, 0.29) is 23.7 Å². The van der Waals surface area contributed by atoms with E-state index >= 15 is 0 Å². The average molecular weight is 335 g/mol.